The lowest BCUT2D eigenvalue weighted by molar-refractivity contribution is 0.601. The highest BCUT2D eigenvalue weighted by Crippen LogP contribution is 2.19. The number of nitrogens with two attached hydrogens (primary N) is 1. The number of hydrogen-bond donors (Lipinski definition) is 2. The summed E-state index contributed by atoms with van der Waals surface area (Å²) in [6, 6.07) is 9.18. The minimum atomic E-state index is -3.74. The molecule has 0 fully saturated rings. The summed E-state index contributed by atoms with van der Waals surface area (Å²) in [5.41, 5.74) is 7.05. The topological polar surface area (TPSA) is 109 Å². The number of aryl methyl sites for hydroxylation is 1. The van der Waals surface area contributed by atoms with E-state index in [0.29, 0.717) is 16.8 Å². The molecule has 2 aromatic rings. The van der Waals surface area contributed by atoms with E-state index in [4.69, 9.17) is 11.0 Å². The summed E-state index contributed by atoms with van der Waals surface area (Å²) in [6.45, 7) is 1.71. The van der Waals surface area contributed by atoms with Crippen LogP contribution in [0.4, 0.5) is 11.5 Å². The molecule has 1 aromatic heterocycles. The Bertz CT molecular complexity index is 777. The van der Waals surface area contributed by atoms with E-state index >= 15 is 0 Å². The molecule has 6 nitrogen and oxygen atoms in total. The van der Waals surface area contributed by atoms with Crippen LogP contribution in [0.2, 0.25) is 0 Å². The predicted octanol–water partition coefficient (Wildman–Crippen LogP) is 1.64. The number of nitriles is 1. The number of sulfonamides is 1. The van der Waals surface area contributed by atoms with Gasteiger partial charge in [-0.1, -0.05) is 0 Å². The van der Waals surface area contributed by atoms with Crippen molar-refractivity contribution in [2.24, 2.45) is 0 Å². The van der Waals surface area contributed by atoms with Crippen LogP contribution in [-0.2, 0) is 10.0 Å². The molecule has 0 atom stereocenters. The van der Waals surface area contributed by atoms with Crippen molar-refractivity contribution in [2.45, 2.75) is 11.8 Å². The van der Waals surface area contributed by atoms with Crippen LogP contribution in [0, 0.1) is 18.3 Å². The molecule has 7 heteroatoms. The van der Waals surface area contributed by atoms with E-state index in [1.807, 2.05) is 6.07 Å². The average Bonchev–Trinajstić information content (AvgIpc) is 2.42. The third kappa shape index (κ3) is 2.87. The van der Waals surface area contributed by atoms with E-state index in [1.165, 1.54) is 30.5 Å². The Kier molecular flexibility index (Phi) is 3.59. The van der Waals surface area contributed by atoms with Gasteiger partial charge in [0, 0.05) is 0 Å². The molecule has 0 amide bonds. The smallest absolute Gasteiger partial charge is 0.263 e. The lowest BCUT2D eigenvalue weighted by Gasteiger charge is -2.10. The molecule has 1 heterocycles. The minimum Gasteiger partial charge on any atom is -0.397 e. The maximum atomic E-state index is 12.2. The van der Waals surface area contributed by atoms with Crippen molar-refractivity contribution >= 4 is 21.5 Å². The van der Waals surface area contributed by atoms with Crippen molar-refractivity contribution in [1.82, 2.24) is 4.98 Å². The monoisotopic (exact) mass is 288 g/mol. The van der Waals surface area contributed by atoms with Gasteiger partial charge in [-0.3, -0.25) is 4.72 Å². The molecule has 0 saturated heterocycles. The van der Waals surface area contributed by atoms with Crippen LogP contribution >= 0.6 is 0 Å². The van der Waals surface area contributed by atoms with E-state index in [2.05, 4.69) is 9.71 Å². The first-order valence-corrected chi connectivity index (χ1v) is 7.16. The zero-order chi connectivity index (χ0) is 14.8. The zero-order valence-corrected chi connectivity index (χ0v) is 11.5. The first-order valence-electron chi connectivity index (χ1n) is 5.67. The fraction of sp³-hybridized carbons (Fsp3) is 0.0769. The van der Waals surface area contributed by atoms with Crippen LogP contribution in [0.5, 0.6) is 0 Å². The van der Waals surface area contributed by atoms with Gasteiger partial charge in [-0.2, -0.15) is 5.26 Å². The lowest BCUT2D eigenvalue weighted by Crippen LogP contribution is -2.15. The molecule has 0 radical (unpaired) electrons. The standard InChI is InChI=1S/C13H12N4O2S/c1-9-6-11(15)8-16-13(9)17-20(18,19)12-4-2-10(7-14)3-5-12/h2-6,8H,15H2,1H3,(H,16,17). The number of pyridine rings is 1. The number of nitrogens with one attached hydrogen (secondary N) is 1. The van der Waals surface area contributed by atoms with Gasteiger partial charge in [0.25, 0.3) is 10.0 Å². The van der Waals surface area contributed by atoms with Crippen molar-refractivity contribution < 1.29 is 8.42 Å². The molecule has 102 valence electrons. The summed E-state index contributed by atoms with van der Waals surface area (Å²) in [5.74, 6) is 0.226. The second-order valence-corrected chi connectivity index (χ2v) is 5.86. The number of aromatic nitrogens is 1. The number of benzene rings is 1. The van der Waals surface area contributed by atoms with Crippen molar-refractivity contribution in [3.05, 3.63) is 47.7 Å². The molecule has 0 aliphatic carbocycles. The molecule has 0 saturated carbocycles. The van der Waals surface area contributed by atoms with Crippen LogP contribution < -0.4 is 10.5 Å². The number of nitrogen functional groups attached to an aromatic ring is 1. The van der Waals surface area contributed by atoms with Gasteiger partial charge in [-0.15, -0.1) is 0 Å². The van der Waals surface area contributed by atoms with Gasteiger partial charge in [0.1, 0.15) is 5.82 Å². The Morgan fingerprint density at radius 3 is 2.50 bits per heavy atom. The number of hydrogen-bond acceptors (Lipinski definition) is 5. The van der Waals surface area contributed by atoms with Crippen LogP contribution in [0.15, 0.2) is 41.4 Å². The molecule has 0 bridgehead atoms. The highest BCUT2D eigenvalue weighted by atomic mass is 32.2. The minimum absolute atomic E-state index is 0.0644. The second kappa shape index (κ2) is 5.19. The van der Waals surface area contributed by atoms with Crippen molar-refractivity contribution in [3.63, 3.8) is 0 Å². The van der Waals surface area contributed by atoms with E-state index in [-0.39, 0.29) is 10.7 Å². The average molecular weight is 288 g/mol. The molecule has 0 spiro atoms. The van der Waals surface area contributed by atoms with Gasteiger partial charge in [0.05, 0.1) is 28.4 Å². The van der Waals surface area contributed by atoms with Crippen molar-refractivity contribution in [3.8, 4) is 6.07 Å². The molecule has 0 unspecified atom stereocenters. The Morgan fingerprint density at radius 1 is 1.30 bits per heavy atom. The molecule has 2 rings (SSSR count). The fourth-order valence-corrected chi connectivity index (χ4v) is 2.68. The van der Waals surface area contributed by atoms with Crippen LogP contribution in [0.25, 0.3) is 0 Å². The lowest BCUT2D eigenvalue weighted by atomic mass is 10.2. The van der Waals surface area contributed by atoms with E-state index in [0.717, 1.165) is 0 Å². The SMILES string of the molecule is Cc1cc(N)cnc1NS(=O)(=O)c1ccc(C#N)cc1. The predicted molar refractivity (Wildman–Crippen MR) is 75.4 cm³/mol. The summed E-state index contributed by atoms with van der Waals surface area (Å²) in [6.07, 6.45) is 1.38. The second-order valence-electron chi connectivity index (χ2n) is 4.18. The molecule has 20 heavy (non-hydrogen) atoms. The third-order valence-electron chi connectivity index (χ3n) is 2.62. The summed E-state index contributed by atoms with van der Waals surface area (Å²) in [5, 5.41) is 8.69. The van der Waals surface area contributed by atoms with Gasteiger partial charge in [-0.25, -0.2) is 13.4 Å². The summed E-state index contributed by atoms with van der Waals surface area (Å²) >= 11 is 0. The summed E-state index contributed by atoms with van der Waals surface area (Å²) < 4.78 is 26.7. The fourth-order valence-electron chi connectivity index (χ4n) is 1.60. The van der Waals surface area contributed by atoms with Crippen LogP contribution in [0.1, 0.15) is 11.1 Å². The number of nitrogens with zero attached hydrogens (tertiary/aromatic N) is 2. The first-order chi connectivity index (χ1) is 9.42. The largest absolute Gasteiger partial charge is 0.397 e. The van der Waals surface area contributed by atoms with Gasteiger partial charge in [-0.05, 0) is 42.8 Å². The molecule has 0 aliphatic heterocycles. The van der Waals surface area contributed by atoms with E-state index in [1.54, 1.807) is 13.0 Å². The molecule has 0 aliphatic rings. The number of rotatable bonds is 3. The summed E-state index contributed by atoms with van der Waals surface area (Å²) in [7, 11) is -3.74. The van der Waals surface area contributed by atoms with E-state index < -0.39 is 10.0 Å². The highest BCUT2D eigenvalue weighted by Gasteiger charge is 2.16. The van der Waals surface area contributed by atoms with Crippen molar-refractivity contribution in [2.75, 3.05) is 10.5 Å². The van der Waals surface area contributed by atoms with Gasteiger partial charge >= 0.3 is 0 Å². The first kappa shape index (κ1) is 13.8. The van der Waals surface area contributed by atoms with Crippen LogP contribution in [-0.4, -0.2) is 13.4 Å². The normalized spacial score (nSPS) is 10.8. The number of anilines is 2. The molecular formula is C13H12N4O2S. The molecule has 1 aromatic carbocycles. The Labute approximate surface area is 116 Å². The van der Waals surface area contributed by atoms with Crippen molar-refractivity contribution in [1.29, 1.82) is 5.26 Å². The molecule has 3 N–H and O–H groups in total. The van der Waals surface area contributed by atoms with Gasteiger partial charge in [0.15, 0.2) is 0 Å². The van der Waals surface area contributed by atoms with Gasteiger partial charge < -0.3 is 5.73 Å². The maximum Gasteiger partial charge on any atom is 0.263 e. The third-order valence-corrected chi connectivity index (χ3v) is 3.98. The zero-order valence-electron chi connectivity index (χ0n) is 10.7. The quantitative estimate of drug-likeness (QED) is 0.892. The van der Waals surface area contributed by atoms with Crippen LogP contribution in [0.3, 0.4) is 0 Å². The Balaban J connectivity index is 2.33. The van der Waals surface area contributed by atoms with E-state index in [9.17, 15) is 8.42 Å². The van der Waals surface area contributed by atoms with Gasteiger partial charge in [0.2, 0.25) is 0 Å². The molecular weight excluding hydrogens is 276 g/mol. The summed E-state index contributed by atoms with van der Waals surface area (Å²) in [4.78, 5) is 4.02. The Hall–Kier alpha value is -2.59. The maximum absolute atomic E-state index is 12.2. The highest BCUT2D eigenvalue weighted by molar-refractivity contribution is 7.92. The Morgan fingerprint density at radius 2 is 1.95 bits per heavy atom.